The van der Waals surface area contributed by atoms with Crippen molar-refractivity contribution in [1.29, 1.82) is 0 Å². The third-order valence-corrected chi connectivity index (χ3v) is 9.32. The smallest absolute Gasteiger partial charge is 0.362 e. The molecule has 3 fully saturated rings. The Hall–Kier alpha value is -3.42. The number of anilines is 1. The summed E-state index contributed by atoms with van der Waals surface area (Å²) in [5.41, 5.74) is 15.3. The maximum absolute atomic E-state index is 12.4. The van der Waals surface area contributed by atoms with Crippen molar-refractivity contribution in [3.05, 3.63) is 23.1 Å². The Bertz CT molecular complexity index is 1430. The molecule has 5 rings (SSSR count). The molecule has 3 aliphatic heterocycles. The number of unbranched alkanes of at least 4 members (excludes halogenated alkanes) is 1. The Balaban J connectivity index is 1.11. The molecule has 5 heterocycles. The summed E-state index contributed by atoms with van der Waals surface area (Å²) < 4.78 is 38.6. The highest BCUT2D eigenvalue weighted by atomic mass is 32.2. The standard InChI is InChI=1S/C20H27N11O7S2/c21-17-15-18(24-7-23-17)31(8-25-15)19-14(28-30-22)16(33)10(38-19)5-37-40(35,36)29-12(32)4-2-1-3-11-13-9(6-39-11)26-20(34)27-13/h7-11,13-14,16,19,33H,1-6H2,(H,29,32)(H2,21,23,24)(H2,26,27,34)/t9?,10-,11-,13?,14+,16-,19-/m1/s1. The highest BCUT2D eigenvalue weighted by Gasteiger charge is 2.46. The summed E-state index contributed by atoms with van der Waals surface area (Å²) >= 11 is 1.76. The molecular weight excluding hydrogens is 570 g/mol. The van der Waals surface area contributed by atoms with E-state index in [9.17, 15) is 23.1 Å². The van der Waals surface area contributed by atoms with Gasteiger partial charge in [-0.15, -0.1) is 0 Å². The van der Waals surface area contributed by atoms with Crippen LogP contribution in [-0.4, -0.2) is 92.9 Å². The monoisotopic (exact) mass is 597 g/mol. The molecule has 2 aromatic rings. The van der Waals surface area contributed by atoms with Crippen molar-refractivity contribution in [2.24, 2.45) is 5.11 Å². The number of rotatable bonds is 11. The predicted molar refractivity (Wildman–Crippen MR) is 140 cm³/mol. The lowest BCUT2D eigenvalue weighted by Gasteiger charge is -2.17. The van der Waals surface area contributed by atoms with Crippen LogP contribution in [0.4, 0.5) is 10.6 Å². The number of fused-ring (bicyclic) bond motifs is 2. The van der Waals surface area contributed by atoms with Crippen LogP contribution in [0.2, 0.25) is 0 Å². The normalized spacial score (nSPS) is 29.5. The lowest BCUT2D eigenvalue weighted by molar-refractivity contribution is -0.119. The predicted octanol–water partition coefficient (Wildman–Crippen LogP) is -0.551. The van der Waals surface area contributed by atoms with Crippen LogP contribution in [-0.2, 0) is 24.0 Å². The SMILES string of the molecule is [N-]=[N+]=N[C@H]1[C@H](O)[C@@H](COS(=O)(=O)NC(=O)CCCC[C@H]2SCC3NC(=O)NC32)O[C@H]1n1cnc2c(N)ncnc21. The van der Waals surface area contributed by atoms with Gasteiger partial charge in [0.05, 0.1) is 31.1 Å². The molecule has 0 saturated carbocycles. The van der Waals surface area contributed by atoms with Crippen molar-refractivity contribution in [2.45, 2.75) is 67.5 Å². The minimum Gasteiger partial charge on any atom is -0.390 e. The fourth-order valence-electron chi connectivity index (χ4n) is 4.99. The molecule has 0 aromatic carbocycles. The number of aliphatic hydroxyl groups excluding tert-OH is 1. The van der Waals surface area contributed by atoms with Gasteiger partial charge in [0.15, 0.2) is 11.5 Å². The molecule has 0 aliphatic carbocycles. The van der Waals surface area contributed by atoms with Gasteiger partial charge < -0.3 is 26.2 Å². The number of carbonyl (C=O) groups is 2. The van der Waals surface area contributed by atoms with Crippen LogP contribution in [0.1, 0.15) is 31.9 Å². The van der Waals surface area contributed by atoms with Gasteiger partial charge in [-0.05, 0) is 18.4 Å². The summed E-state index contributed by atoms with van der Waals surface area (Å²) in [4.78, 5) is 38.5. The van der Waals surface area contributed by atoms with Crippen molar-refractivity contribution in [2.75, 3.05) is 18.1 Å². The van der Waals surface area contributed by atoms with E-state index >= 15 is 0 Å². The summed E-state index contributed by atoms with van der Waals surface area (Å²) in [7, 11) is -4.51. The Morgan fingerprint density at radius 3 is 3.00 bits per heavy atom. The van der Waals surface area contributed by atoms with E-state index in [0.29, 0.717) is 12.8 Å². The van der Waals surface area contributed by atoms with Crippen molar-refractivity contribution >= 4 is 51.0 Å². The summed E-state index contributed by atoms with van der Waals surface area (Å²) in [6.45, 7) is -0.664. The fraction of sp³-hybridized carbons (Fsp3) is 0.650. The Morgan fingerprint density at radius 1 is 1.38 bits per heavy atom. The molecule has 7 atom stereocenters. The van der Waals surface area contributed by atoms with E-state index in [4.69, 9.17) is 20.2 Å². The van der Waals surface area contributed by atoms with Crippen LogP contribution < -0.4 is 21.1 Å². The number of azide groups is 1. The highest BCUT2D eigenvalue weighted by Crippen LogP contribution is 2.35. The Morgan fingerprint density at radius 2 is 2.20 bits per heavy atom. The van der Waals surface area contributed by atoms with Crippen molar-refractivity contribution < 1.29 is 32.0 Å². The van der Waals surface area contributed by atoms with E-state index in [2.05, 4.69) is 35.6 Å². The van der Waals surface area contributed by atoms with E-state index in [0.717, 1.165) is 12.2 Å². The maximum Gasteiger partial charge on any atom is 0.362 e. The van der Waals surface area contributed by atoms with Crippen molar-refractivity contribution in [3.8, 4) is 0 Å². The maximum atomic E-state index is 12.4. The average molecular weight is 598 g/mol. The van der Waals surface area contributed by atoms with Crippen LogP contribution in [0, 0.1) is 0 Å². The second kappa shape index (κ2) is 11.6. The fourth-order valence-corrected chi connectivity index (χ4v) is 7.29. The molecule has 216 valence electrons. The van der Waals surface area contributed by atoms with Gasteiger partial charge >= 0.3 is 16.3 Å². The van der Waals surface area contributed by atoms with E-state index < -0.39 is 47.3 Å². The van der Waals surface area contributed by atoms with Gasteiger partial charge in [-0.25, -0.2) is 24.5 Å². The molecule has 0 bridgehead atoms. The molecule has 3 amide bonds. The molecule has 18 nitrogen and oxygen atoms in total. The Labute approximate surface area is 231 Å². The number of imidazole rings is 1. The third-order valence-electron chi connectivity index (χ3n) is 6.89. The molecule has 2 aromatic heterocycles. The number of carbonyl (C=O) groups excluding carboxylic acids is 2. The van der Waals surface area contributed by atoms with Crippen LogP contribution in [0.25, 0.3) is 21.6 Å². The van der Waals surface area contributed by atoms with E-state index in [1.165, 1.54) is 17.2 Å². The first-order valence-corrected chi connectivity index (χ1v) is 14.8. The number of amides is 3. The van der Waals surface area contributed by atoms with Crippen LogP contribution in [0.15, 0.2) is 17.8 Å². The first-order chi connectivity index (χ1) is 19.2. The number of hydrogen-bond donors (Lipinski definition) is 5. The van der Waals surface area contributed by atoms with Crippen LogP contribution in [0.3, 0.4) is 0 Å². The van der Waals surface area contributed by atoms with Gasteiger partial charge in [0.2, 0.25) is 5.91 Å². The molecule has 0 spiro atoms. The number of nitrogens with zero attached hydrogens (tertiary/aromatic N) is 7. The second-order valence-electron chi connectivity index (χ2n) is 9.47. The summed E-state index contributed by atoms with van der Waals surface area (Å²) in [6.07, 6.45) is 0.600. The molecule has 0 radical (unpaired) electrons. The number of nitrogens with one attached hydrogen (secondary N) is 3. The zero-order valence-electron chi connectivity index (χ0n) is 20.9. The molecular formula is C20H27N11O7S2. The van der Waals surface area contributed by atoms with Gasteiger partial charge in [0.1, 0.15) is 30.2 Å². The van der Waals surface area contributed by atoms with E-state index in [1.807, 2.05) is 4.72 Å². The first-order valence-electron chi connectivity index (χ1n) is 12.4. The first kappa shape index (κ1) is 28.1. The molecule has 40 heavy (non-hydrogen) atoms. The number of nitrogens with two attached hydrogens (primary N) is 1. The summed E-state index contributed by atoms with van der Waals surface area (Å²) in [5.74, 6) is 0.193. The molecule has 2 unspecified atom stereocenters. The number of hydrogen-bond acceptors (Lipinski definition) is 13. The zero-order chi connectivity index (χ0) is 28.4. The van der Waals surface area contributed by atoms with E-state index in [1.54, 1.807) is 11.8 Å². The number of urea groups is 1. The molecule has 20 heteroatoms. The molecule has 3 aliphatic rings. The number of aliphatic hydroxyl groups is 1. The van der Waals surface area contributed by atoms with Gasteiger partial charge in [-0.1, -0.05) is 11.5 Å². The number of nitrogen functional groups attached to an aromatic ring is 1. The number of aromatic nitrogens is 4. The van der Waals surface area contributed by atoms with E-state index in [-0.39, 0.29) is 46.8 Å². The number of ether oxygens (including phenoxy) is 1. The zero-order valence-corrected chi connectivity index (χ0v) is 22.5. The van der Waals surface area contributed by atoms with Crippen LogP contribution in [0.5, 0.6) is 0 Å². The summed E-state index contributed by atoms with van der Waals surface area (Å²) in [6, 6.07) is -1.17. The minimum atomic E-state index is -4.51. The van der Waals surface area contributed by atoms with Crippen molar-refractivity contribution in [3.63, 3.8) is 0 Å². The summed E-state index contributed by atoms with van der Waals surface area (Å²) in [5, 5.41) is 20.3. The topological polar surface area (TPSA) is 261 Å². The van der Waals surface area contributed by atoms with Gasteiger partial charge in [0.25, 0.3) is 0 Å². The lowest BCUT2D eigenvalue weighted by Crippen LogP contribution is -2.37. The largest absolute Gasteiger partial charge is 0.390 e. The Kier molecular flexibility index (Phi) is 8.15. The molecule has 3 saturated heterocycles. The lowest BCUT2D eigenvalue weighted by atomic mass is 10.0. The van der Waals surface area contributed by atoms with Crippen molar-refractivity contribution in [1.82, 2.24) is 34.9 Å². The quantitative estimate of drug-likeness (QED) is 0.0718. The number of thioether (sulfide) groups is 1. The van der Waals surface area contributed by atoms with Gasteiger partial charge in [0, 0.05) is 22.3 Å². The highest BCUT2D eigenvalue weighted by molar-refractivity contribution is 8.00. The van der Waals surface area contributed by atoms with Gasteiger partial charge in [-0.2, -0.15) is 20.2 Å². The minimum absolute atomic E-state index is 0.0407. The van der Waals surface area contributed by atoms with Crippen LogP contribution >= 0.6 is 11.8 Å². The average Bonchev–Trinajstić information content (AvgIpc) is 3.65. The third kappa shape index (κ3) is 5.86. The molecule has 6 N–H and O–H groups in total. The second-order valence-corrected chi connectivity index (χ2v) is 12.1. The van der Waals surface area contributed by atoms with Gasteiger partial charge in [-0.3, -0.25) is 13.5 Å².